The normalized spacial score (nSPS) is 10.7. The minimum atomic E-state index is 0.283. The molecule has 1 heterocycles. The molecule has 3 rings (SSSR count). The number of rotatable bonds is 3. The SMILES string of the molecule is N#CCc1nc2ccccc2n1Cc1ccc(Br)cc1N. The van der Waals surface area contributed by atoms with Gasteiger partial charge in [0.25, 0.3) is 0 Å². The molecule has 0 saturated heterocycles. The Morgan fingerprint density at radius 1 is 1.24 bits per heavy atom. The van der Waals surface area contributed by atoms with Crippen molar-refractivity contribution in [3.05, 3.63) is 58.3 Å². The van der Waals surface area contributed by atoms with Gasteiger partial charge in [0.05, 0.1) is 30.1 Å². The maximum Gasteiger partial charge on any atom is 0.124 e. The summed E-state index contributed by atoms with van der Waals surface area (Å²) in [6.07, 6.45) is 0.283. The lowest BCUT2D eigenvalue weighted by Crippen LogP contribution is -2.07. The van der Waals surface area contributed by atoms with Crippen LogP contribution >= 0.6 is 15.9 Å². The molecular formula is C16H13BrN4. The van der Waals surface area contributed by atoms with E-state index >= 15 is 0 Å². The largest absolute Gasteiger partial charge is 0.398 e. The van der Waals surface area contributed by atoms with Crippen molar-refractivity contribution >= 4 is 32.7 Å². The minimum Gasteiger partial charge on any atom is -0.398 e. The Kier molecular flexibility index (Phi) is 3.63. The first-order chi connectivity index (χ1) is 10.2. The highest BCUT2D eigenvalue weighted by atomic mass is 79.9. The fourth-order valence-electron chi connectivity index (χ4n) is 2.39. The number of hydrogen-bond donors (Lipinski definition) is 1. The van der Waals surface area contributed by atoms with Gasteiger partial charge >= 0.3 is 0 Å². The molecule has 0 aliphatic rings. The quantitative estimate of drug-likeness (QED) is 0.742. The van der Waals surface area contributed by atoms with E-state index in [1.54, 1.807) is 0 Å². The van der Waals surface area contributed by atoms with E-state index in [4.69, 9.17) is 11.0 Å². The summed E-state index contributed by atoms with van der Waals surface area (Å²) in [5, 5.41) is 8.99. The van der Waals surface area contributed by atoms with Crippen molar-refractivity contribution in [2.45, 2.75) is 13.0 Å². The van der Waals surface area contributed by atoms with E-state index in [1.807, 2.05) is 42.5 Å². The zero-order valence-electron chi connectivity index (χ0n) is 11.3. The highest BCUT2D eigenvalue weighted by Crippen LogP contribution is 2.23. The van der Waals surface area contributed by atoms with Crippen molar-refractivity contribution in [2.24, 2.45) is 0 Å². The standard InChI is InChI=1S/C16H13BrN4/c17-12-6-5-11(13(19)9-12)10-21-15-4-2-1-3-14(15)20-16(21)7-8-18/h1-6,9H,7,10,19H2. The third-order valence-electron chi connectivity index (χ3n) is 3.41. The van der Waals surface area contributed by atoms with Crippen LogP contribution in [-0.4, -0.2) is 9.55 Å². The highest BCUT2D eigenvalue weighted by molar-refractivity contribution is 9.10. The smallest absolute Gasteiger partial charge is 0.124 e. The lowest BCUT2D eigenvalue weighted by molar-refractivity contribution is 0.771. The number of para-hydroxylation sites is 2. The topological polar surface area (TPSA) is 67.6 Å². The van der Waals surface area contributed by atoms with Crippen LogP contribution in [0, 0.1) is 11.3 Å². The predicted octanol–water partition coefficient (Wildman–Crippen LogP) is 3.50. The monoisotopic (exact) mass is 340 g/mol. The van der Waals surface area contributed by atoms with E-state index in [1.165, 1.54) is 0 Å². The van der Waals surface area contributed by atoms with Crippen LogP contribution in [-0.2, 0) is 13.0 Å². The number of benzene rings is 2. The van der Waals surface area contributed by atoms with E-state index < -0.39 is 0 Å². The summed E-state index contributed by atoms with van der Waals surface area (Å²) in [6, 6.07) is 15.9. The van der Waals surface area contributed by atoms with Crippen LogP contribution in [0.5, 0.6) is 0 Å². The molecule has 0 amide bonds. The molecule has 3 aromatic rings. The van der Waals surface area contributed by atoms with Crippen LogP contribution in [0.4, 0.5) is 5.69 Å². The average Bonchev–Trinajstić information content (AvgIpc) is 2.80. The fraction of sp³-hybridized carbons (Fsp3) is 0.125. The lowest BCUT2D eigenvalue weighted by Gasteiger charge is -2.10. The van der Waals surface area contributed by atoms with Gasteiger partial charge in [-0.05, 0) is 29.8 Å². The third kappa shape index (κ3) is 2.63. The second-order valence-electron chi connectivity index (χ2n) is 4.78. The molecule has 0 spiro atoms. The Bertz CT molecular complexity index is 845. The summed E-state index contributed by atoms with van der Waals surface area (Å²) in [7, 11) is 0. The maximum absolute atomic E-state index is 8.99. The van der Waals surface area contributed by atoms with Gasteiger partial charge in [-0.2, -0.15) is 5.26 Å². The number of nitrogen functional groups attached to an aromatic ring is 1. The van der Waals surface area contributed by atoms with Crippen molar-refractivity contribution in [2.75, 3.05) is 5.73 Å². The van der Waals surface area contributed by atoms with E-state index in [0.29, 0.717) is 6.54 Å². The van der Waals surface area contributed by atoms with Crippen LogP contribution in [0.3, 0.4) is 0 Å². The summed E-state index contributed by atoms with van der Waals surface area (Å²) in [5.41, 5.74) is 9.74. The minimum absolute atomic E-state index is 0.283. The lowest BCUT2D eigenvalue weighted by atomic mass is 10.1. The first-order valence-corrected chi connectivity index (χ1v) is 7.33. The second-order valence-corrected chi connectivity index (χ2v) is 5.70. The van der Waals surface area contributed by atoms with E-state index in [9.17, 15) is 0 Å². The van der Waals surface area contributed by atoms with E-state index in [-0.39, 0.29) is 6.42 Å². The number of nitrogens with two attached hydrogens (primary N) is 1. The number of hydrogen-bond acceptors (Lipinski definition) is 3. The summed E-state index contributed by atoms with van der Waals surface area (Å²) >= 11 is 3.41. The van der Waals surface area contributed by atoms with Gasteiger partial charge in [0.1, 0.15) is 5.82 Å². The van der Waals surface area contributed by atoms with Crippen LogP contribution in [0.1, 0.15) is 11.4 Å². The fourth-order valence-corrected chi connectivity index (χ4v) is 2.77. The number of aromatic nitrogens is 2. The number of fused-ring (bicyclic) bond motifs is 1. The van der Waals surface area contributed by atoms with Crippen LogP contribution in [0.15, 0.2) is 46.9 Å². The molecule has 0 aliphatic carbocycles. The van der Waals surface area contributed by atoms with Gasteiger partial charge in [-0.1, -0.05) is 34.1 Å². The molecule has 5 heteroatoms. The van der Waals surface area contributed by atoms with Crippen molar-refractivity contribution in [1.82, 2.24) is 9.55 Å². The molecule has 21 heavy (non-hydrogen) atoms. The molecule has 104 valence electrons. The molecule has 0 unspecified atom stereocenters. The Balaban J connectivity index is 2.10. The second kappa shape index (κ2) is 5.58. The molecule has 0 radical (unpaired) electrons. The van der Waals surface area contributed by atoms with Gasteiger partial charge in [0, 0.05) is 10.2 Å². The van der Waals surface area contributed by atoms with Gasteiger partial charge in [-0.3, -0.25) is 0 Å². The summed E-state index contributed by atoms with van der Waals surface area (Å²) in [5.74, 6) is 0.765. The van der Waals surface area contributed by atoms with Crippen LogP contribution < -0.4 is 5.73 Å². The first-order valence-electron chi connectivity index (χ1n) is 6.54. The Morgan fingerprint density at radius 3 is 2.81 bits per heavy atom. The van der Waals surface area contributed by atoms with Crippen molar-refractivity contribution in [3.63, 3.8) is 0 Å². The van der Waals surface area contributed by atoms with E-state index in [2.05, 4.69) is 31.6 Å². The molecular weight excluding hydrogens is 328 g/mol. The zero-order valence-corrected chi connectivity index (χ0v) is 12.8. The number of anilines is 1. The van der Waals surface area contributed by atoms with Crippen molar-refractivity contribution < 1.29 is 0 Å². The van der Waals surface area contributed by atoms with E-state index in [0.717, 1.165) is 32.6 Å². The number of nitrogens with zero attached hydrogens (tertiary/aromatic N) is 3. The zero-order chi connectivity index (χ0) is 14.8. The predicted molar refractivity (Wildman–Crippen MR) is 86.7 cm³/mol. The molecule has 0 fully saturated rings. The molecule has 0 aliphatic heterocycles. The number of imidazole rings is 1. The summed E-state index contributed by atoms with van der Waals surface area (Å²) in [6.45, 7) is 0.608. The molecule has 0 saturated carbocycles. The van der Waals surface area contributed by atoms with Crippen molar-refractivity contribution in [3.8, 4) is 6.07 Å². The maximum atomic E-state index is 8.99. The van der Waals surface area contributed by atoms with Crippen LogP contribution in [0.25, 0.3) is 11.0 Å². The summed E-state index contributed by atoms with van der Waals surface area (Å²) < 4.78 is 3.01. The van der Waals surface area contributed by atoms with Gasteiger partial charge in [0.15, 0.2) is 0 Å². The van der Waals surface area contributed by atoms with Gasteiger partial charge in [-0.25, -0.2) is 4.98 Å². The van der Waals surface area contributed by atoms with Crippen molar-refractivity contribution in [1.29, 1.82) is 5.26 Å². The Morgan fingerprint density at radius 2 is 2.05 bits per heavy atom. The Labute approximate surface area is 131 Å². The molecule has 2 aromatic carbocycles. The molecule has 0 bridgehead atoms. The first kappa shape index (κ1) is 13.7. The Hall–Kier alpha value is -2.32. The number of nitriles is 1. The molecule has 2 N–H and O–H groups in total. The summed E-state index contributed by atoms with van der Waals surface area (Å²) in [4.78, 5) is 4.54. The van der Waals surface area contributed by atoms with Gasteiger partial charge in [-0.15, -0.1) is 0 Å². The molecule has 1 aromatic heterocycles. The molecule has 0 atom stereocenters. The average molecular weight is 341 g/mol. The molecule has 4 nitrogen and oxygen atoms in total. The third-order valence-corrected chi connectivity index (χ3v) is 3.90. The van der Waals surface area contributed by atoms with Gasteiger partial charge in [0.2, 0.25) is 0 Å². The highest BCUT2D eigenvalue weighted by Gasteiger charge is 2.11. The number of halogens is 1. The van der Waals surface area contributed by atoms with Crippen LogP contribution in [0.2, 0.25) is 0 Å². The van der Waals surface area contributed by atoms with Gasteiger partial charge < -0.3 is 10.3 Å².